The molecular formula is C24H16FN3O2. The number of rotatable bonds is 4. The first-order valence-corrected chi connectivity index (χ1v) is 9.21. The Balaban J connectivity index is 1.64. The van der Waals surface area contributed by atoms with E-state index in [1.807, 2.05) is 60.7 Å². The monoisotopic (exact) mass is 397 g/mol. The third-order valence-corrected chi connectivity index (χ3v) is 4.26. The van der Waals surface area contributed by atoms with E-state index in [9.17, 15) is 9.18 Å². The molecule has 3 aromatic carbocycles. The second-order valence-corrected chi connectivity index (χ2v) is 6.40. The number of carbonyl (C=O) groups excluding carboxylic acids is 1. The lowest BCUT2D eigenvalue weighted by molar-refractivity contribution is -0.113. The normalized spacial score (nSPS) is 10.2. The number of hydrogen-bond acceptors (Lipinski definition) is 4. The van der Waals surface area contributed by atoms with Crippen LogP contribution in [0.4, 0.5) is 10.3 Å². The van der Waals surface area contributed by atoms with Crippen LogP contribution in [0.3, 0.4) is 0 Å². The van der Waals surface area contributed by atoms with Gasteiger partial charge in [0.05, 0.1) is 6.54 Å². The minimum Gasteiger partial charge on any atom is -0.332 e. The Hall–Kier alpha value is -4.24. The van der Waals surface area contributed by atoms with E-state index in [4.69, 9.17) is 4.52 Å². The third kappa shape index (κ3) is 4.59. The van der Waals surface area contributed by atoms with Crippen LogP contribution in [0, 0.1) is 17.7 Å². The van der Waals surface area contributed by atoms with E-state index in [0.717, 1.165) is 11.1 Å². The first-order valence-electron chi connectivity index (χ1n) is 9.21. The summed E-state index contributed by atoms with van der Waals surface area (Å²) in [6.07, 6.45) is 0. The Labute approximate surface area is 172 Å². The number of carbonyl (C=O) groups is 1. The fourth-order valence-electron chi connectivity index (χ4n) is 2.75. The van der Waals surface area contributed by atoms with E-state index in [1.54, 1.807) is 0 Å². The number of halogens is 1. The SMILES string of the molecule is O=C(C#Cc1ccccc1)N(Cc1ccccc1)c1noc(-c2ccc(F)cc2)n1. The number of anilines is 1. The highest BCUT2D eigenvalue weighted by molar-refractivity contribution is 6.05. The summed E-state index contributed by atoms with van der Waals surface area (Å²) in [5.74, 6) is 4.94. The van der Waals surface area contributed by atoms with Crippen molar-refractivity contribution in [2.45, 2.75) is 6.54 Å². The summed E-state index contributed by atoms with van der Waals surface area (Å²) < 4.78 is 18.5. The lowest BCUT2D eigenvalue weighted by Crippen LogP contribution is -2.30. The zero-order valence-corrected chi connectivity index (χ0v) is 15.8. The van der Waals surface area contributed by atoms with E-state index in [1.165, 1.54) is 29.2 Å². The maximum absolute atomic E-state index is 13.2. The molecule has 0 atom stereocenters. The van der Waals surface area contributed by atoms with Gasteiger partial charge in [0, 0.05) is 17.0 Å². The van der Waals surface area contributed by atoms with Crippen molar-refractivity contribution in [1.29, 1.82) is 0 Å². The summed E-state index contributed by atoms with van der Waals surface area (Å²) in [6.45, 7) is 0.228. The molecule has 1 amide bonds. The molecule has 30 heavy (non-hydrogen) atoms. The van der Waals surface area contributed by atoms with Crippen molar-refractivity contribution in [3.05, 3.63) is 102 Å². The van der Waals surface area contributed by atoms with Gasteiger partial charge in [-0.15, -0.1) is 0 Å². The highest BCUT2D eigenvalue weighted by atomic mass is 19.1. The predicted molar refractivity (Wildman–Crippen MR) is 111 cm³/mol. The van der Waals surface area contributed by atoms with Gasteiger partial charge in [0.2, 0.25) is 0 Å². The molecule has 0 aliphatic heterocycles. The fraction of sp³-hybridized carbons (Fsp3) is 0.0417. The number of hydrogen-bond donors (Lipinski definition) is 0. The summed E-state index contributed by atoms with van der Waals surface area (Å²) in [5, 5.41) is 3.95. The molecule has 4 aromatic rings. The lowest BCUT2D eigenvalue weighted by atomic mass is 10.2. The molecule has 4 rings (SSSR count). The van der Waals surface area contributed by atoms with Gasteiger partial charge < -0.3 is 4.52 Å². The minimum absolute atomic E-state index is 0.0885. The molecule has 1 aromatic heterocycles. The molecule has 0 saturated carbocycles. The second kappa shape index (κ2) is 8.84. The zero-order valence-electron chi connectivity index (χ0n) is 15.8. The van der Waals surface area contributed by atoms with Crippen molar-refractivity contribution in [2.75, 3.05) is 4.90 Å². The number of nitrogens with zero attached hydrogens (tertiary/aromatic N) is 3. The molecule has 0 radical (unpaired) electrons. The van der Waals surface area contributed by atoms with Gasteiger partial charge in [-0.2, -0.15) is 4.98 Å². The minimum atomic E-state index is -0.464. The van der Waals surface area contributed by atoms with Crippen LogP contribution in [0.5, 0.6) is 0 Å². The van der Waals surface area contributed by atoms with Crippen LogP contribution in [0.15, 0.2) is 89.5 Å². The quantitative estimate of drug-likeness (QED) is 0.477. The number of benzene rings is 3. The van der Waals surface area contributed by atoms with Gasteiger partial charge in [-0.3, -0.25) is 9.69 Å². The molecule has 146 valence electrons. The van der Waals surface area contributed by atoms with E-state index in [-0.39, 0.29) is 24.2 Å². The fourth-order valence-corrected chi connectivity index (χ4v) is 2.75. The van der Waals surface area contributed by atoms with E-state index >= 15 is 0 Å². The van der Waals surface area contributed by atoms with Crippen LogP contribution in [0.25, 0.3) is 11.5 Å². The third-order valence-electron chi connectivity index (χ3n) is 4.26. The van der Waals surface area contributed by atoms with Gasteiger partial charge in [0.15, 0.2) is 0 Å². The summed E-state index contributed by atoms with van der Waals surface area (Å²) in [4.78, 5) is 18.6. The molecule has 0 aliphatic rings. The lowest BCUT2D eigenvalue weighted by Gasteiger charge is -2.15. The van der Waals surface area contributed by atoms with Crippen molar-refractivity contribution in [1.82, 2.24) is 10.1 Å². The van der Waals surface area contributed by atoms with E-state index in [2.05, 4.69) is 22.0 Å². The van der Waals surface area contributed by atoms with Gasteiger partial charge >= 0.3 is 5.91 Å². The topological polar surface area (TPSA) is 59.2 Å². The van der Waals surface area contributed by atoms with Crippen molar-refractivity contribution in [2.24, 2.45) is 0 Å². The first kappa shape index (κ1) is 19.1. The Morgan fingerprint density at radius 3 is 2.30 bits per heavy atom. The number of amides is 1. The van der Waals surface area contributed by atoms with Crippen LogP contribution in [-0.2, 0) is 11.3 Å². The Morgan fingerprint density at radius 2 is 1.60 bits per heavy atom. The average Bonchev–Trinajstić information content (AvgIpc) is 3.27. The summed E-state index contributed by atoms with van der Waals surface area (Å²) in [7, 11) is 0. The Morgan fingerprint density at radius 1 is 0.933 bits per heavy atom. The van der Waals surface area contributed by atoms with E-state index in [0.29, 0.717) is 5.56 Å². The molecule has 0 aliphatic carbocycles. The molecule has 0 spiro atoms. The van der Waals surface area contributed by atoms with Crippen LogP contribution in [-0.4, -0.2) is 16.0 Å². The highest BCUT2D eigenvalue weighted by Gasteiger charge is 2.21. The second-order valence-electron chi connectivity index (χ2n) is 6.40. The smallest absolute Gasteiger partial charge is 0.306 e. The van der Waals surface area contributed by atoms with Gasteiger partial charge in [0.1, 0.15) is 5.82 Å². The van der Waals surface area contributed by atoms with Crippen molar-refractivity contribution < 1.29 is 13.7 Å². The number of aromatic nitrogens is 2. The first-order chi connectivity index (χ1) is 14.7. The van der Waals surface area contributed by atoms with Gasteiger partial charge in [0.25, 0.3) is 11.8 Å². The zero-order chi connectivity index (χ0) is 20.8. The largest absolute Gasteiger partial charge is 0.332 e. The van der Waals surface area contributed by atoms with Gasteiger partial charge in [-0.05, 0) is 47.1 Å². The van der Waals surface area contributed by atoms with Crippen LogP contribution in [0.1, 0.15) is 11.1 Å². The molecule has 0 N–H and O–H groups in total. The molecule has 0 bridgehead atoms. The summed E-state index contributed by atoms with van der Waals surface area (Å²) >= 11 is 0. The molecule has 0 fully saturated rings. The molecule has 1 heterocycles. The predicted octanol–water partition coefficient (Wildman–Crippen LogP) is 4.46. The van der Waals surface area contributed by atoms with Crippen LogP contribution < -0.4 is 4.90 Å². The molecule has 6 heteroatoms. The van der Waals surface area contributed by atoms with Crippen LogP contribution >= 0.6 is 0 Å². The maximum Gasteiger partial charge on any atom is 0.306 e. The van der Waals surface area contributed by atoms with Gasteiger partial charge in [-0.25, -0.2) is 4.39 Å². The van der Waals surface area contributed by atoms with Crippen molar-refractivity contribution >= 4 is 11.9 Å². The molecule has 5 nitrogen and oxygen atoms in total. The molecule has 0 saturated heterocycles. The molecular weight excluding hydrogens is 381 g/mol. The average molecular weight is 397 g/mol. The Bertz CT molecular complexity index is 1190. The van der Waals surface area contributed by atoms with E-state index < -0.39 is 5.91 Å². The molecule has 0 unspecified atom stereocenters. The maximum atomic E-state index is 13.2. The summed E-state index contributed by atoms with van der Waals surface area (Å²) in [5.41, 5.74) is 2.17. The Kier molecular flexibility index (Phi) is 5.63. The summed E-state index contributed by atoms with van der Waals surface area (Å²) in [6, 6.07) is 24.3. The van der Waals surface area contributed by atoms with Gasteiger partial charge in [-0.1, -0.05) is 54.5 Å². The standard InChI is InChI=1S/C24H16FN3O2/c25-21-14-12-20(13-15-21)23-26-24(27-30-23)28(17-19-9-5-2-6-10-19)22(29)16-11-18-7-3-1-4-8-18/h1-10,12-15H,17H2. The highest BCUT2D eigenvalue weighted by Crippen LogP contribution is 2.22. The van der Waals surface area contributed by atoms with Crippen LogP contribution in [0.2, 0.25) is 0 Å². The van der Waals surface area contributed by atoms with Crippen molar-refractivity contribution in [3.63, 3.8) is 0 Å². The van der Waals surface area contributed by atoms with Crippen molar-refractivity contribution in [3.8, 4) is 23.3 Å².